The molecule has 0 bridgehead atoms. The van der Waals surface area contributed by atoms with E-state index in [1.807, 2.05) is 13.0 Å². The number of rotatable bonds is 6. The molecule has 0 unspecified atom stereocenters. The van der Waals surface area contributed by atoms with Crippen molar-refractivity contribution in [1.82, 2.24) is 10.1 Å². The number of carbonyl (C=O) groups is 1. The molecule has 4 aromatic rings. The van der Waals surface area contributed by atoms with Crippen molar-refractivity contribution in [3.8, 4) is 22.8 Å². The molecule has 0 aliphatic heterocycles. The van der Waals surface area contributed by atoms with Crippen molar-refractivity contribution in [3.63, 3.8) is 0 Å². The molecule has 9 heteroatoms. The lowest BCUT2D eigenvalue weighted by molar-refractivity contribution is -0.114. The number of hydrogen-bond acceptors (Lipinski definition) is 6. The van der Waals surface area contributed by atoms with E-state index in [0.29, 0.717) is 34.2 Å². The summed E-state index contributed by atoms with van der Waals surface area (Å²) < 4.78 is 32.9. The first-order valence-electron chi connectivity index (χ1n) is 9.73. The van der Waals surface area contributed by atoms with Gasteiger partial charge in [0.05, 0.1) is 4.90 Å². The van der Waals surface area contributed by atoms with Crippen LogP contribution in [0.15, 0.2) is 82.2 Å². The largest absolute Gasteiger partial charge is 0.334 e. The smallest absolute Gasteiger partial charge is 0.261 e. The van der Waals surface area contributed by atoms with Crippen molar-refractivity contribution in [1.29, 1.82) is 0 Å². The Kier molecular flexibility index (Phi) is 5.74. The van der Waals surface area contributed by atoms with Crippen LogP contribution >= 0.6 is 0 Å². The topological polar surface area (TPSA) is 114 Å². The van der Waals surface area contributed by atoms with Gasteiger partial charge in [0.15, 0.2) is 0 Å². The Morgan fingerprint density at radius 1 is 0.938 bits per heavy atom. The molecular formula is C23H20N4O4S. The molecule has 8 nitrogen and oxygen atoms in total. The van der Waals surface area contributed by atoms with Gasteiger partial charge in [-0.2, -0.15) is 4.98 Å². The van der Waals surface area contributed by atoms with Gasteiger partial charge in [-0.3, -0.25) is 9.52 Å². The minimum atomic E-state index is -3.67. The predicted molar refractivity (Wildman–Crippen MR) is 121 cm³/mol. The normalized spacial score (nSPS) is 11.2. The molecule has 0 fully saturated rings. The molecule has 4 rings (SSSR count). The van der Waals surface area contributed by atoms with Gasteiger partial charge in [-0.1, -0.05) is 29.4 Å². The van der Waals surface area contributed by atoms with Crippen LogP contribution in [0.5, 0.6) is 0 Å². The molecule has 2 N–H and O–H groups in total. The summed E-state index contributed by atoms with van der Waals surface area (Å²) in [6.07, 6.45) is 0. The van der Waals surface area contributed by atoms with E-state index >= 15 is 0 Å². The van der Waals surface area contributed by atoms with E-state index in [9.17, 15) is 13.2 Å². The highest BCUT2D eigenvalue weighted by atomic mass is 32.2. The summed E-state index contributed by atoms with van der Waals surface area (Å²) in [6.45, 7) is 3.30. The number of benzene rings is 3. The van der Waals surface area contributed by atoms with Gasteiger partial charge in [-0.25, -0.2) is 8.42 Å². The van der Waals surface area contributed by atoms with Crippen LogP contribution < -0.4 is 10.0 Å². The third kappa shape index (κ3) is 4.52. The highest BCUT2D eigenvalue weighted by Gasteiger charge is 2.16. The molecule has 0 radical (unpaired) electrons. The average Bonchev–Trinajstić information content (AvgIpc) is 3.26. The summed E-state index contributed by atoms with van der Waals surface area (Å²) in [4.78, 5) is 16.0. The summed E-state index contributed by atoms with van der Waals surface area (Å²) in [6, 6.07) is 20.3. The second-order valence-electron chi connectivity index (χ2n) is 7.08. The Labute approximate surface area is 185 Å². The molecule has 0 aliphatic rings. The second-order valence-corrected chi connectivity index (χ2v) is 8.76. The van der Waals surface area contributed by atoms with E-state index < -0.39 is 10.0 Å². The van der Waals surface area contributed by atoms with E-state index in [-0.39, 0.29) is 10.8 Å². The Hall–Kier alpha value is -3.98. The maximum Gasteiger partial charge on any atom is 0.261 e. The van der Waals surface area contributed by atoms with Gasteiger partial charge < -0.3 is 9.84 Å². The molecule has 1 aromatic heterocycles. The first kappa shape index (κ1) is 21.3. The number of nitrogens with zero attached hydrogens (tertiary/aromatic N) is 2. The first-order chi connectivity index (χ1) is 15.3. The van der Waals surface area contributed by atoms with Crippen LogP contribution in [0.3, 0.4) is 0 Å². The third-order valence-corrected chi connectivity index (χ3v) is 6.15. The quantitative estimate of drug-likeness (QED) is 0.450. The fraction of sp³-hybridized carbons (Fsp3) is 0.0870. The fourth-order valence-corrected chi connectivity index (χ4v) is 4.22. The van der Waals surface area contributed by atoms with E-state index in [4.69, 9.17) is 4.52 Å². The summed E-state index contributed by atoms with van der Waals surface area (Å²) in [7, 11) is -3.67. The summed E-state index contributed by atoms with van der Waals surface area (Å²) >= 11 is 0. The van der Waals surface area contributed by atoms with Gasteiger partial charge in [-0.15, -0.1) is 0 Å². The van der Waals surface area contributed by atoms with Gasteiger partial charge in [0.2, 0.25) is 11.7 Å². The van der Waals surface area contributed by atoms with Crippen LogP contribution in [-0.4, -0.2) is 24.5 Å². The molecule has 0 atom stereocenters. The van der Waals surface area contributed by atoms with Crippen LogP contribution in [0.2, 0.25) is 0 Å². The average molecular weight is 449 g/mol. The Balaban J connectivity index is 1.55. The van der Waals surface area contributed by atoms with Crippen molar-refractivity contribution in [3.05, 3.63) is 78.4 Å². The molecule has 3 aromatic carbocycles. The van der Waals surface area contributed by atoms with E-state index in [1.165, 1.54) is 19.1 Å². The van der Waals surface area contributed by atoms with Crippen LogP contribution in [0.4, 0.5) is 11.4 Å². The highest BCUT2D eigenvalue weighted by molar-refractivity contribution is 7.92. The van der Waals surface area contributed by atoms with Gasteiger partial charge in [0, 0.05) is 29.4 Å². The molecular weight excluding hydrogens is 428 g/mol. The zero-order valence-corrected chi connectivity index (χ0v) is 18.2. The number of aromatic nitrogens is 2. The van der Waals surface area contributed by atoms with Crippen LogP contribution in [-0.2, 0) is 14.8 Å². The lowest BCUT2D eigenvalue weighted by Crippen LogP contribution is -2.12. The van der Waals surface area contributed by atoms with E-state index in [0.717, 1.165) is 5.56 Å². The number of sulfonamides is 1. The standard InChI is InChI=1S/C23H20N4O4S/c1-15-20(9-6-10-21(15)24-16(2)28)23-25-22(26-31-23)17-11-13-18(14-12-17)27-32(29,30)19-7-4-3-5-8-19/h3-14,27H,1-2H3,(H,24,28). The molecule has 0 saturated heterocycles. The van der Waals surface area contributed by atoms with Gasteiger partial charge in [0.1, 0.15) is 0 Å². The van der Waals surface area contributed by atoms with Crippen LogP contribution in [0, 0.1) is 6.92 Å². The second kappa shape index (κ2) is 8.64. The summed E-state index contributed by atoms with van der Waals surface area (Å²) in [5.41, 5.74) is 3.27. The number of hydrogen-bond donors (Lipinski definition) is 2. The zero-order chi connectivity index (χ0) is 22.7. The lowest BCUT2D eigenvalue weighted by Gasteiger charge is -2.08. The van der Waals surface area contributed by atoms with Gasteiger partial charge >= 0.3 is 0 Å². The monoisotopic (exact) mass is 448 g/mol. The first-order valence-corrected chi connectivity index (χ1v) is 11.2. The maximum absolute atomic E-state index is 12.5. The van der Waals surface area contributed by atoms with Crippen molar-refractivity contribution in [2.24, 2.45) is 0 Å². The van der Waals surface area contributed by atoms with Crippen LogP contribution in [0.25, 0.3) is 22.8 Å². The molecule has 1 amide bonds. The predicted octanol–water partition coefficient (Wildman–Crippen LogP) is 4.47. The zero-order valence-electron chi connectivity index (χ0n) is 17.4. The van der Waals surface area contributed by atoms with Crippen molar-refractivity contribution < 1.29 is 17.7 Å². The van der Waals surface area contributed by atoms with E-state index in [1.54, 1.807) is 54.6 Å². The van der Waals surface area contributed by atoms with Crippen molar-refractivity contribution in [2.75, 3.05) is 10.0 Å². The van der Waals surface area contributed by atoms with Crippen LogP contribution in [0.1, 0.15) is 12.5 Å². The van der Waals surface area contributed by atoms with Gasteiger partial charge in [0.25, 0.3) is 15.9 Å². The number of nitrogens with one attached hydrogen (secondary N) is 2. The molecule has 32 heavy (non-hydrogen) atoms. The number of carbonyl (C=O) groups excluding carboxylic acids is 1. The number of amides is 1. The minimum absolute atomic E-state index is 0.167. The Morgan fingerprint density at radius 3 is 2.34 bits per heavy atom. The lowest BCUT2D eigenvalue weighted by atomic mass is 10.1. The maximum atomic E-state index is 12.5. The molecule has 1 heterocycles. The van der Waals surface area contributed by atoms with E-state index in [2.05, 4.69) is 20.2 Å². The molecule has 0 aliphatic carbocycles. The Bertz CT molecular complexity index is 1360. The van der Waals surface area contributed by atoms with Crippen molar-refractivity contribution in [2.45, 2.75) is 18.7 Å². The highest BCUT2D eigenvalue weighted by Crippen LogP contribution is 2.29. The SMILES string of the molecule is CC(=O)Nc1cccc(-c2nc(-c3ccc(NS(=O)(=O)c4ccccc4)cc3)no2)c1C. The molecule has 0 saturated carbocycles. The number of anilines is 2. The van der Waals surface area contributed by atoms with Crippen molar-refractivity contribution >= 4 is 27.3 Å². The Morgan fingerprint density at radius 2 is 1.66 bits per heavy atom. The minimum Gasteiger partial charge on any atom is -0.334 e. The third-order valence-electron chi connectivity index (χ3n) is 4.75. The molecule has 162 valence electrons. The fourth-order valence-electron chi connectivity index (χ4n) is 3.14. The van der Waals surface area contributed by atoms with Gasteiger partial charge in [-0.05, 0) is 61.0 Å². The molecule has 0 spiro atoms. The summed E-state index contributed by atoms with van der Waals surface area (Å²) in [5, 5.41) is 6.81. The summed E-state index contributed by atoms with van der Waals surface area (Å²) in [5.74, 6) is 0.514.